The van der Waals surface area contributed by atoms with E-state index >= 15 is 0 Å². The highest BCUT2D eigenvalue weighted by Gasteiger charge is 2.14. The van der Waals surface area contributed by atoms with E-state index in [2.05, 4.69) is 43.1 Å². The van der Waals surface area contributed by atoms with E-state index in [0.717, 1.165) is 18.8 Å². The standard InChI is InChI=1S/C13H26N4/c1-10(2)6-12(14-5)7-13-15-9-16-17(13)8-11(3)4/h9-12,14H,6-8H2,1-5H3. The molecule has 0 aromatic carbocycles. The highest BCUT2D eigenvalue weighted by molar-refractivity contribution is 4.90. The zero-order valence-electron chi connectivity index (χ0n) is 11.8. The fourth-order valence-corrected chi connectivity index (χ4v) is 2.04. The second-order valence-electron chi connectivity index (χ2n) is 5.57. The van der Waals surface area contributed by atoms with Crippen LogP contribution < -0.4 is 5.32 Å². The number of likely N-dealkylation sites (N-methyl/N-ethyl adjacent to an activating group) is 1. The van der Waals surface area contributed by atoms with Gasteiger partial charge in [-0.05, 0) is 25.3 Å². The lowest BCUT2D eigenvalue weighted by atomic mass is 10.0. The van der Waals surface area contributed by atoms with Crippen molar-refractivity contribution in [1.82, 2.24) is 20.1 Å². The van der Waals surface area contributed by atoms with Crippen LogP contribution in [0.1, 0.15) is 39.9 Å². The van der Waals surface area contributed by atoms with Crippen LogP contribution >= 0.6 is 0 Å². The molecule has 0 spiro atoms. The highest BCUT2D eigenvalue weighted by atomic mass is 15.3. The van der Waals surface area contributed by atoms with Crippen LogP contribution in [0, 0.1) is 11.8 Å². The average molecular weight is 238 g/mol. The van der Waals surface area contributed by atoms with Crippen molar-refractivity contribution in [3.8, 4) is 0 Å². The van der Waals surface area contributed by atoms with Gasteiger partial charge < -0.3 is 5.32 Å². The third-order valence-electron chi connectivity index (χ3n) is 2.83. The molecule has 1 aromatic rings. The number of rotatable bonds is 7. The summed E-state index contributed by atoms with van der Waals surface area (Å²) < 4.78 is 2.04. The largest absolute Gasteiger partial charge is 0.317 e. The first kappa shape index (κ1) is 14.2. The zero-order valence-corrected chi connectivity index (χ0v) is 11.8. The van der Waals surface area contributed by atoms with Crippen molar-refractivity contribution in [2.75, 3.05) is 7.05 Å². The molecule has 17 heavy (non-hydrogen) atoms. The van der Waals surface area contributed by atoms with Crippen molar-refractivity contribution < 1.29 is 0 Å². The Kier molecular flexibility index (Phi) is 5.62. The van der Waals surface area contributed by atoms with Gasteiger partial charge in [0, 0.05) is 19.0 Å². The van der Waals surface area contributed by atoms with Crippen LogP contribution in [0.2, 0.25) is 0 Å². The van der Waals surface area contributed by atoms with E-state index in [9.17, 15) is 0 Å². The summed E-state index contributed by atoms with van der Waals surface area (Å²) in [5.74, 6) is 2.40. The molecular formula is C13H26N4. The first-order valence-electron chi connectivity index (χ1n) is 6.56. The molecule has 1 aromatic heterocycles. The summed E-state index contributed by atoms with van der Waals surface area (Å²) in [7, 11) is 2.02. The van der Waals surface area contributed by atoms with Gasteiger partial charge in [-0.15, -0.1) is 0 Å². The van der Waals surface area contributed by atoms with Crippen molar-refractivity contribution in [3.05, 3.63) is 12.2 Å². The molecule has 0 saturated heterocycles. The Labute approximate surface area is 105 Å². The van der Waals surface area contributed by atoms with E-state index in [1.165, 1.54) is 6.42 Å². The predicted octanol–water partition coefficient (Wildman–Crippen LogP) is 2.11. The van der Waals surface area contributed by atoms with Crippen LogP contribution in [-0.4, -0.2) is 27.9 Å². The van der Waals surface area contributed by atoms with Crippen LogP contribution in [0.15, 0.2) is 6.33 Å². The van der Waals surface area contributed by atoms with Crippen molar-refractivity contribution in [2.24, 2.45) is 11.8 Å². The quantitative estimate of drug-likeness (QED) is 0.791. The van der Waals surface area contributed by atoms with E-state index in [1.807, 2.05) is 11.7 Å². The first-order valence-corrected chi connectivity index (χ1v) is 6.56. The number of nitrogens with zero attached hydrogens (tertiary/aromatic N) is 3. The molecule has 0 amide bonds. The van der Waals surface area contributed by atoms with Gasteiger partial charge in [-0.25, -0.2) is 9.67 Å². The van der Waals surface area contributed by atoms with Crippen LogP contribution in [0.5, 0.6) is 0 Å². The van der Waals surface area contributed by atoms with Crippen LogP contribution in [-0.2, 0) is 13.0 Å². The molecular weight excluding hydrogens is 212 g/mol. The second kappa shape index (κ2) is 6.74. The van der Waals surface area contributed by atoms with Gasteiger partial charge in [-0.1, -0.05) is 27.7 Å². The fraction of sp³-hybridized carbons (Fsp3) is 0.846. The van der Waals surface area contributed by atoms with Gasteiger partial charge in [0.15, 0.2) is 0 Å². The number of nitrogens with one attached hydrogen (secondary N) is 1. The van der Waals surface area contributed by atoms with Gasteiger partial charge in [-0.3, -0.25) is 0 Å². The first-order chi connectivity index (χ1) is 8.02. The molecule has 1 N–H and O–H groups in total. The Morgan fingerprint density at radius 3 is 2.47 bits per heavy atom. The molecule has 1 atom stereocenters. The minimum Gasteiger partial charge on any atom is -0.317 e. The Morgan fingerprint density at radius 2 is 1.94 bits per heavy atom. The van der Waals surface area contributed by atoms with E-state index in [0.29, 0.717) is 17.9 Å². The maximum Gasteiger partial charge on any atom is 0.138 e. The lowest BCUT2D eigenvalue weighted by Crippen LogP contribution is -2.30. The third kappa shape index (κ3) is 4.86. The van der Waals surface area contributed by atoms with Crippen LogP contribution in [0.3, 0.4) is 0 Å². The smallest absolute Gasteiger partial charge is 0.138 e. The molecule has 0 aliphatic carbocycles. The molecule has 1 rings (SSSR count). The van der Waals surface area contributed by atoms with Crippen molar-refractivity contribution in [1.29, 1.82) is 0 Å². The van der Waals surface area contributed by atoms with Crippen molar-refractivity contribution >= 4 is 0 Å². The van der Waals surface area contributed by atoms with Gasteiger partial charge in [0.2, 0.25) is 0 Å². The molecule has 0 bridgehead atoms. The third-order valence-corrected chi connectivity index (χ3v) is 2.83. The summed E-state index contributed by atoms with van der Waals surface area (Å²) in [5, 5.41) is 7.67. The van der Waals surface area contributed by atoms with Gasteiger partial charge in [0.05, 0.1) is 0 Å². The van der Waals surface area contributed by atoms with E-state index in [-0.39, 0.29) is 0 Å². The molecule has 0 aliphatic rings. The summed E-state index contributed by atoms with van der Waals surface area (Å²) >= 11 is 0. The minimum absolute atomic E-state index is 0.491. The monoisotopic (exact) mass is 238 g/mol. The molecule has 4 nitrogen and oxygen atoms in total. The highest BCUT2D eigenvalue weighted by Crippen LogP contribution is 2.10. The molecule has 1 unspecified atom stereocenters. The molecule has 1 heterocycles. The van der Waals surface area contributed by atoms with Gasteiger partial charge in [-0.2, -0.15) is 5.10 Å². The molecule has 98 valence electrons. The van der Waals surface area contributed by atoms with Crippen LogP contribution in [0.25, 0.3) is 0 Å². The van der Waals surface area contributed by atoms with Gasteiger partial charge in [0.1, 0.15) is 12.2 Å². The average Bonchev–Trinajstić information content (AvgIpc) is 2.63. The predicted molar refractivity (Wildman–Crippen MR) is 70.9 cm³/mol. The fourth-order valence-electron chi connectivity index (χ4n) is 2.04. The number of hydrogen-bond donors (Lipinski definition) is 1. The summed E-state index contributed by atoms with van der Waals surface area (Å²) in [6.45, 7) is 9.87. The Balaban J connectivity index is 2.62. The van der Waals surface area contributed by atoms with Crippen molar-refractivity contribution in [3.63, 3.8) is 0 Å². The minimum atomic E-state index is 0.491. The van der Waals surface area contributed by atoms with Gasteiger partial charge >= 0.3 is 0 Å². The van der Waals surface area contributed by atoms with Crippen LogP contribution in [0.4, 0.5) is 0 Å². The molecule has 0 aliphatic heterocycles. The normalized spacial score (nSPS) is 13.6. The Hall–Kier alpha value is -0.900. The Morgan fingerprint density at radius 1 is 1.24 bits per heavy atom. The lowest BCUT2D eigenvalue weighted by molar-refractivity contribution is 0.410. The van der Waals surface area contributed by atoms with E-state index in [4.69, 9.17) is 0 Å². The maximum atomic E-state index is 4.38. The molecule has 0 fully saturated rings. The lowest BCUT2D eigenvalue weighted by Gasteiger charge is -2.18. The summed E-state index contributed by atoms with van der Waals surface area (Å²) in [4.78, 5) is 4.38. The summed E-state index contributed by atoms with van der Waals surface area (Å²) in [5.41, 5.74) is 0. The number of hydrogen-bond acceptors (Lipinski definition) is 3. The second-order valence-corrected chi connectivity index (χ2v) is 5.57. The molecule has 4 heteroatoms. The van der Waals surface area contributed by atoms with E-state index < -0.39 is 0 Å². The zero-order chi connectivity index (χ0) is 12.8. The topological polar surface area (TPSA) is 42.7 Å². The van der Waals surface area contributed by atoms with Gasteiger partial charge in [0.25, 0.3) is 0 Å². The van der Waals surface area contributed by atoms with Crippen molar-refractivity contribution in [2.45, 2.75) is 53.1 Å². The summed E-state index contributed by atoms with van der Waals surface area (Å²) in [6.07, 6.45) is 3.80. The number of aromatic nitrogens is 3. The molecule has 0 radical (unpaired) electrons. The SMILES string of the molecule is CNC(Cc1ncnn1CC(C)C)CC(C)C. The molecule has 0 saturated carbocycles. The summed E-state index contributed by atoms with van der Waals surface area (Å²) in [6, 6.07) is 0.491. The Bertz CT molecular complexity index is 317. The maximum absolute atomic E-state index is 4.38. The van der Waals surface area contributed by atoms with E-state index in [1.54, 1.807) is 6.33 Å².